The van der Waals surface area contributed by atoms with E-state index in [4.69, 9.17) is 4.42 Å². The maximum absolute atomic E-state index is 12.6. The van der Waals surface area contributed by atoms with Gasteiger partial charge in [-0.2, -0.15) is 0 Å². The molecule has 1 aromatic heterocycles. The molecule has 0 spiro atoms. The molecule has 4 heteroatoms. The lowest BCUT2D eigenvalue weighted by Gasteiger charge is -2.14. The van der Waals surface area contributed by atoms with Gasteiger partial charge in [-0.05, 0) is 31.9 Å². The normalized spacial score (nSPS) is 12.3. The van der Waals surface area contributed by atoms with Crippen molar-refractivity contribution in [2.75, 3.05) is 0 Å². The molecule has 4 nitrogen and oxygen atoms in total. The molecule has 0 aliphatic rings. The van der Waals surface area contributed by atoms with E-state index in [0.29, 0.717) is 28.7 Å². The van der Waals surface area contributed by atoms with Crippen molar-refractivity contribution in [3.05, 3.63) is 69.4 Å². The van der Waals surface area contributed by atoms with Crippen LogP contribution in [0, 0.1) is 13.8 Å². The second-order valence-electron chi connectivity index (χ2n) is 6.37. The average Bonchev–Trinajstić information content (AvgIpc) is 2.56. The van der Waals surface area contributed by atoms with Crippen molar-refractivity contribution in [3.8, 4) is 11.3 Å². The number of benzene rings is 2. The van der Waals surface area contributed by atoms with Crippen molar-refractivity contribution in [2.45, 2.75) is 33.1 Å². The van der Waals surface area contributed by atoms with Crippen LogP contribution in [-0.4, -0.2) is 11.1 Å². The summed E-state index contributed by atoms with van der Waals surface area (Å²) in [5.74, 6) is -1.18. The maximum atomic E-state index is 12.6. The Morgan fingerprint density at radius 3 is 2.36 bits per heavy atom. The Labute approximate surface area is 145 Å². The average molecular weight is 336 g/mol. The van der Waals surface area contributed by atoms with Gasteiger partial charge in [0.2, 0.25) is 0 Å². The van der Waals surface area contributed by atoms with Crippen LogP contribution >= 0.6 is 0 Å². The monoisotopic (exact) mass is 336 g/mol. The van der Waals surface area contributed by atoms with Crippen LogP contribution in [0.2, 0.25) is 0 Å². The lowest BCUT2D eigenvalue weighted by atomic mass is 9.93. The molecule has 0 aliphatic carbocycles. The van der Waals surface area contributed by atoms with Crippen LogP contribution in [0.1, 0.15) is 36.0 Å². The minimum Gasteiger partial charge on any atom is -0.481 e. The highest BCUT2D eigenvalue weighted by atomic mass is 16.4. The smallest absolute Gasteiger partial charge is 0.311 e. The number of carbonyl (C=O) groups is 1. The fourth-order valence-electron chi connectivity index (χ4n) is 3.08. The van der Waals surface area contributed by atoms with Gasteiger partial charge in [0.25, 0.3) is 0 Å². The molecular weight excluding hydrogens is 316 g/mol. The number of aliphatic carboxylic acids is 1. The molecule has 1 N–H and O–H groups in total. The highest BCUT2D eigenvalue weighted by Crippen LogP contribution is 2.31. The highest BCUT2D eigenvalue weighted by molar-refractivity contribution is 5.88. The first-order valence-corrected chi connectivity index (χ1v) is 8.29. The van der Waals surface area contributed by atoms with E-state index < -0.39 is 11.9 Å². The van der Waals surface area contributed by atoms with Gasteiger partial charge in [-0.1, -0.05) is 42.8 Å². The first-order chi connectivity index (χ1) is 11.9. The SMILES string of the molecule is CCC(C(=O)O)c1cc(C)cc2c(=O)cc(-c3ccc(C)cc3)oc12. The van der Waals surface area contributed by atoms with Crippen molar-refractivity contribution in [2.24, 2.45) is 0 Å². The van der Waals surface area contributed by atoms with Crippen LogP contribution in [0.5, 0.6) is 0 Å². The number of hydrogen-bond donors (Lipinski definition) is 1. The van der Waals surface area contributed by atoms with Crippen molar-refractivity contribution >= 4 is 16.9 Å². The topological polar surface area (TPSA) is 67.5 Å². The minimum atomic E-state index is -0.919. The molecule has 25 heavy (non-hydrogen) atoms. The Hall–Kier alpha value is -2.88. The standard InChI is InChI=1S/C21H20O4/c1-4-15(21(23)24)16-9-13(3)10-17-18(22)11-19(25-20(16)17)14-7-5-12(2)6-8-14/h5-11,15H,4H2,1-3H3,(H,23,24). The minimum absolute atomic E-state index is 0.165. The predicted octanol–water partition coefficient (Wildman–Crippen LogP) is 4.66. The summed E-state index contributed by atoms with van der Waals surface area (Å²) in [5, 5.41) is 9.97. The van der Waals surface area contributed by atoms with Crippen LogP contribution in [0.3, 0.4) is 0 Å². The lowest BCUT2D eigenvalue weighted by Crippen LogP contribution is -2.13. The Morgan fingerprint density at radius 1 is 1.08 bits per heavy atom. The van der Waals surface area contributed by atoms with Crippen molar-refractivity contribution in [1.82, 2.24) is 0 Å². The third-order valence-corrected chi connectivity index (χ3v) is 4.42. The van der Waals surface area contributed by atoms with Crippen molar-refractivity contribution < 1.29 is 14.3 Å². The lowest BCUT2D eigenvalue weighted by molar-refractivity contribution is -0.138. The molecule has 1 atom stereocenters. The fourth-order valence-corrected chi connectivity index (χ4v) is 3.08. The number of carboxylic acid groups (broad SMARTS) is 1. The second kappa shape index (κ2) is 6.55. The van der Waals surface area contributed by atoms with E-state index in [1.165, 1.54) is 6.07 Å². The number of carboxylic acids is 1. The van der Waals surface area contributed by atoms with Crippen LogP contribution in [-0.2, 0) is 4.79 Å². The highest BCUT2D eigenvalue weighted by Gasteiger charge is 2.23. The van der Waals surface area contributed by atoms with Crippen LogP contribution in [0.4, 0.5) is 0 Å². The summed E-state index contributed by atoms with van der Waals surface area (Å²) >= 11 is 0. The Morgan fingerprint density at radius 2 is 1.76 bits per heavy atom. The van der Waals surface area contributed by atoms with E-state index in [1.54, 1.807) is 12.1 Å². The largest absolute Gasteiger partial charge is 0.481 e. The summed E-state index contributed by atoms with van der Waals surface area (Å²) < 4.78 is 6.02. The van der Waals surface area contributed by atoms with Crippen LogP contribution in [0.25, 0.3) is 22.3 Å². The first kappa shape index (κ1) is 17.0. The van der Waals surface area contributed by atoms with Crippen molar-refractivity contribution in [1.29, 1.82) is 0 Å². The number of aryl methyl sites for hydroxylation is 2. The van der Waals surface area contributed by atoms with Crippen LogP contribution in [0.15, 0.2) is 51.7 Å². The molecule has 128 valence electrons. The third kappa shape index (κ3) is 3.20. The molecule has 0 fully saturated rings. The molecule has 0 saturated heterocycles. The van der Waals surface area contributed by atoms with Gasteiger partial charge in [-0.3, -0.25) is 9.59 Å². The van der Waals surface area contributed by atoms with E-state index >= 15 is 0 Å². The van der Waals surface area contributed by atoms with Gasteiger partial charge in [0.05, 0.1) is 11.3 Å². The summed E-state index contributed by atoms with van der Waals surface area (Å²) in [4.78, 5) is 24.3. The van der Waals surface area contributed by atoms with Gasteiger partial charge < -0.3 is 9.52 Å². The van der Waals surface area contributed by atoms with Crippen LogP contribution < -0.4 is 5.43 Å². The zero-order valence-corrected chi connectivity index (χ0v) is 14.5. The zero-order chi connectivity index (χ0) is 18.1. The molecule has 3 aromatic rings. The van der Waals surface area contributed by atoms with Gasteiger partial charge in [0, 0.05) is 17.2 Å². The Kier molecular flexibility index (Phi) is 4.45. The fraction of sp³-hybridized carbons (Fsp3) is 0.238. The Balaban J connectivity index is 2.31. The van der Waals surface area contributed by atoms with E-state index in [1.807, 2.05) is 45.0 Å². The van der Waals surface area contributed by atoms with Crippen molar-refractivity contribution in [3.63, 3.8) is 0 Å². The van der Waals surface area contributed by atoms with E-state index in [9.17, 15) is 14.7 Å². The number of fused-ring (bicyclic) bond motifs is 1. The molecular formula is C21H20O4. The summed E-state index contributed by atoms with van der Waals surface area (Å²) in [6, 6.07) is 12.7. The Bertz CT molecular complexity index is 997. The summed E-state index contributed by atoms with van der Waals surface area (Å²) in [6.07, 6.45) is 0.423. The zero-order valence-electron chi connectivity index (χ0n) is 14.5. The summed E-state index contributed by atoms with van der Waals surface area (Å²) in [6.45, 7) is 5.65. The molecule has 2 aromatic carbocycles. The molecule has 0 aliphatic heterocycles. The molecule has 0 saturated carbocycles. The molecule has 0 bridgehead atoms. The number of hydrogen-bond acceptors (Lipinski definition) is 3. The van der Waals surface area contributed by atoms with Gasteiger partial charge in [-0.25, -0.2) is 0 Å². The van der Waals surface area contributed by atoms with Gasteiger partial charge in [0.1, 0.15) is 11.3 Å². The molecule has 3 rings (SSSR count). The molecule has 0 radical (unpaired) electrons. The quantitative estimate of drug-likeness (QED) is 0.753. The maximum Gasteiger partial charge on any atom is 0.311 e. The van der Waals surface area contributed by atoms with E-state index in [-0.39, 0.29) is 5.43 Å². The summed E-state index contributed by atoms with van der Waals surface area (Å²) in [5.41, 5.74) is 3.50. The van der Waals surface area contributed by atoms with Gasteiger partial charge in [0.15, 0.2) is 5.43 Å². The first-order valence-electron chi connectivity index (χ1n) is 8.29. The molecule has 1 heterocycles. The van der Waals surface area contributed by atoms with Gasteiger partial charge in [-0.15, -0.1) is 0 Å². The van der Waals surface area contributed by atoms with E-state index in [0.717, 1.165) is 16.7 Å². The van der Waals surface area contributed by atoms with E-state index in [2.05, 4.69) is 0 Å². The summed E-state index contributed by atoms with van der Waals surface area (Å²) in [7, 11) is 0. The third-order valence-electron chi connectivity index (χ3n) is 4.42. The van der Waals surface area contributed by atoms with Gasteiger partial charge >= 0.3 is 5.97 Å². The second-order valence-corrected chi connectivity index (χ2v) is 6.37. The molecule has 0 amide bonds. The number of rotatable bonds is 4. The predicted molar refractivity (Wildman–Crippen MR) is 98.1 cm³/mol. The molecule has 1 unspecified atom stereocenters.